The Morgan fingerprint density at radius 3 is 2.20 bits per heavy atom. The van der Waals surface area contributed by atoms with Gasteiger partial charge >= 0.3 is 0 Å². The van der Waals surface area contributed by atoms with E-state index in [0.717, 1.165) is 36.1 Å². The van der Waals surface area contributed by atoms with Crippen LogP contribution in [0.5, 0.6) is 0 Å². The van der Waals surface area contributed by atoms with Gasteiger partial charge in [-0.25, -0.2) is 4.39 Å². The van der Waals surface area contributed by atoms with Crippen molar-refractivity contribution in [1.82, 2.24) is 10.6 Å². The Kier molecular flexibility index (Phi) is 26.5. The second kappa shape index (κ2) is 28.0. The molecule has 1 saturated carbocycles. The number of aldehydes is 1. The maximum atomic E-state index is 12.1. The van der Waals surface area contributed by atoms with Crippen molar-refractivity contribution < 1.29 is 9.18 Å². The van der Waals surface area contributed by atoms with Crippen molar-refractivity contribution in [3.8, 4) is 0 Å². The summed E-state index contributed by atoms with van der Waals surface area (Å²) in [7, 11) is 4.06. The van der Waals surface area contributed by atoms with Crippen LogP contribution in [0.25, 0.3) is 0 Å². The van der Waals surface area contributed by atoms with Crippen LogP contribution < -0.4 is 10.6 Å². The molecule has 2 N–H and O–H groups in total. The number of carbonyl (C=O) groups is 1. The molecule has 3 nitrogen and oxygen atoms in total. The van der Waals surface area contributed by atoms with Gasteiger partial charge in [0.25, 0.3) is 0 Å². The number of allylic oxidation sites excluding steroid dienone is 6. The zero-order valence-corrected chi connectivity index (χ0v) is 30.1. The lowest BCUT2D eigenvalue weighted by Gasteiger charge is -2.28. The summed E-state index contributed by atoms with van der Waals surface area (Å²) in [6.45, 7) is 18.8. The topological polar surface area (TPSA) is 41.1 Å². The first-order chi connectivity index (χ1) is 21.7. The Hall–Kier alpha value is -2.30. The molecule has 0 bridgehead atoms. The number of nitrogens with one attached hydrogen (secondary N) is 2. The van der Waals surface area contributed by atoms with Crippen LogP contribution in [0.4, 0.5) is 4.39 Å². The van der Waals surface area contributed by atoms with Crippen molar-refractivity contribution in [2.75, 3.05) is 20.6 Å². The minimum atomic E-state index is -0.319. The molecule has 4 rings (SSSR count). The summed E-state index contributed by atoms with van der Waals surface area (Å²) in [4.78, 5) is 10.00. The van der Waals surface area contributed by atoms with E-state index in [1.807, 2.05) is 7.05 Å². The Labute approximate surface area is 278 Å². The molecule has 6 unspecified atom stereocenters. The first-order valence-electron chi connectivity index (χ1n) is 17.7. The SMILES string of the molecule is C=C.CC1=CC(CCC2CCCC(C)C2)C(C)C1.CC1C=CC=CC1.CCCCC(CCNC)NC.O=Cc1ccc(F)cc1. The highest BCUT2D eigenvalue weighted by Gasteiger charge is 2.24. The van der Waals surface area contributed by atoms with E-state index in [0.29, 0.717) is 17.9 Å². The van der Waals surface area contributed by atoms with Gasteiger partial charge in [0.05, 0.1) is 0 Å². The van der Waals surface area contributed by atoms with Gasteiger partial charge in [-0.1, -0.05) is 95.8 Å². The summed E-state index contributed by atoms with van der Waals surface area (Å²) in [5.74, 6) is 4.31. The number of hydrogen-bond donors (Lipinski definition) is 2. The van der Waals surface area contributed by atoms with Gasteiger partial charge in [0.2, 0.25) is 0 Å². The van der Waals surface area contributed by atoms with Crippen LogP contribution in [0.3, 0.4) is 0 Å². The Bertz CT molecular complexity index is 929. The minimum absolute atomic E-state index is 0.319. The van der Waals surface area contributed by atoms with E-state index in [9.17, 15) is 9.18 Å². The van der Waals surface area contributed by atoms with Crippen molar-refractivity contribution in [2.45, 2.75) is 118 Å². The van der Waals surface area contributed by atoms with Gasteiger partial charge in [0, 0.05) is 11.6 Å². The van der Waals surface area contributed by atoms with Gasteiger partial charge in [0.1, 0.15) is 12.1 Å². The molecular formula is C41H69FN2O. The molecule has 0 aliphatic heterocycles. The van der Waals surface area contributed by atoms with Gasteiger partial charge in [0.15, 0.2) is 0 Å². The van der Waals surface area contributed by atoms with Crippen LogP contribution in [0.15, 0.2) is 73.4 Å². The predicted molar refractivity (Wildman–Crippen MR) is 197 cm³/mol. The summed E-state index contributed by atoms with van der Waals surface area (Å²) in [6, 6.07) is 6.08. The van der Waals surface area contributed by atoms with E-state index in [4.69, 9.17) is 0 Å². The molecule has 0 saturated heterocycles. The molecule has 45 heavy (non-hydrogen) atoms. The molecule has 0 aromatic heterocycles. The standard InChI is InChI=1S/C16H28.C9H22N2.C7H5FO.C7H10.C2H4/c1-12-5-4-6-15(10-12)7-8-16-11-13(2)9-14(16)3;1-4-5-6-9(11-3)7-8-10-2;8-7-3-1-6(5-9)2-4-7;1-7-5-3-2-4-6-7;1-2/h11-12,14-16H,4-10H2,1-3H3;9-11H,4-8H2,1-3H3;1-5H;2-5,7H,6H2,1H3;1-2H2. The van der Waals surface area contributed by atoms with Crippen molar-refractivity contribution in [3.05, 3.63) is 84.8 Å². The average molecular weight is 625 g/mol. The molecule has 0 amide bonds. The fourth-order valence-corrected chi connectivity index (χ4v) is 6.32. The van der Waals surface area contributed by atoms with Crippen LogP contribution in [0.1, 0.15) is 122 Å². The van der Waals surface area contributed by atoms with Crippen LogP contribution in [0, 0.1) is 35.4 Å². The number of benzene rings is 1. The molecule has 6 atom stereocenters. The molecule has 1 fully saturated rings. The van der Waals surface area contributed by atoms with Crippen molar-refractivity contribution in [3.63, 3.8) is 0 Å². The van der Waals surface area contributed by atoms with E-state index >= 15 is 0 Å². The number of unbranched alkanes of at least 4 members (excludes halogenated alkanes) is 1. The summed E-state index contributed by atoms with van der Waals surface area (Å²) in [5, 5.41) is 6.50. The normalized spacial score (nSPS) is 23.7. The highest BCUT2D eigenvalue weighted by Crippen LogP contribution is 2.37. The van der Waals surface area contributed by atoms with E-state index in [2.05, 4.69) is 95.8 Å². The molecule has 1 aromatic rings. The monoisotopic (exact) mass is 625 g/mol. The average Bonchev–Trinajstić information content (AvgIpc) is 3.39. The molecule has 1 aromatic carbocycles. The number of hydrogen-bond acceptors (Lipinski definition) is 3. The lowest BCUT2D eigenvalue weighted by molar-refractivity contribution is 0.112. The van der Waals surface area contributed by atoms with Crippen LogP contribution in [-0.4, -0.2) is 33.0 Å². The van der Waals surface area contributed by atoms with Crippen LogP contribution in [-0.2, 0) is 0 Å². The summed E-state index contributed by atoms with van der Waals surface area (Å²) in [6.07, 6.45) is 28.6. The second-order valence-corrected chi connectivity index (χ2v) is 13.3. The summed E-state index contributed by atoms with van der Waals surface area (Å²) >= 11 is 0. The van der Waals surface area contributed by atoms with Gasteiger partial charge in [-0.15, -0.1) is 13.2 Å². The number of halogens is 1. The molecular weight excluding hydrogens is 555 g/mol. The smallest absolute Gasteiger partial charge is 0.150 e. The third-order valence-electron chi connectivity index (χ3n) is 9.08. The maximum Gasteiger partial charge on any atom is 0.150 e. The van der Waals surface area contributed by atoms with E-state index in [1.54, 1.807) is 5.57 Å². The highest BCUT2D eigenvalue weighted by atomic mass is 19.1. The molecule has 3 aliphatic carbocycles. The number of rotatable bonds is 11. The first kappa shape index (κ1) is 42.7. The molecule has 4 heteroatoms. The summed E-state index contributed by atoms with van der Waals surface area (Å²) in [5.41, 5.74) is 2.13. The molecule has 256 valence electrons. The van der Waals surface area contributed by atoms with E-state index < -0.39 is 0 Å². The van der Waals surface area contributed by atoms with Gasteiger partial charge in [-0.05, 0) is 126 Å². The van der Waals surface area contributed by atoms with Crippen molar-refractivity contribution in [1.29, 1.82) is 0 Å². The third-order valence-corrected chi connectivity index (χ3v) is 9.08. The van der Waals surface area contributed by atoms with Gasteiger partial charge < -0.3 is 10.6 Å². The third kappa shape index (κ3) is 22.0. The molecule has 0 heterocycles. The van der Waals surface area contributed by atoms with E-state index in [1.165, 1.54) is 101 Å². The maximum absolute atomic E-state index is 12.1. The predicted octanol–water partition coefficient (Wildman–Crippen LogP) is 11.1. The molecule has 0 radical (unpaired) electrons. The Balaban J connectivity index is 0.000000589. The Morgan fingerprint density at radius 2 is 1.73 bits per heavy atom. The lowest BCUT2D eigenvalue weighted by Crippen LogP contribution is -2.28. The molecule has 3 aliphatic rings. The van der Waals surface area contributed by atoms with Crippen LogP contribution in [0.2, 0.25) is 0 Å². The van der Waals surface area contributed by atoms with Gasteiger partial charge in [-0.2, -0.15) is 0 Å². The summed E-state index contributed by atoms with van der Waals surface area (Å²) < 4.78 is 12.1. The lowest BCUT2D eigenvalue weighted by atomic mass is 9.78. The highest BCUT2D eigenvalue weighted by molar-refractivity contribution is 5.74. The second-order valence-electron chi connectivity index (χ2n) is 13.3. The van der Waals surface area contributed by atoms with Gasteiger partial charge in [-0.3, -0.25) is 4.79 Å². The van der Waals surface area contributed by atoms with Crippen LogP contribution >= 0.6 is 0 Å². The number of carbonyl (C=O) groups excluding carboxylic acids is 1. The molecule has 0 spiro atoms. The minimum Gasteiger partial charge on any atom is -0.320 e. The zero-order chi connectivity index (χ0) is 33.9. The Morgan fingerprint density at radius 1 is 1.02 bits per heavy atom. The largest absolute Gasteiger partial charge is 0.320 e. The first-order valence-corrected chi connectivity index (χ1v) is 17.7. The fourth-order valence-electron chi connectivity index (χ4n) is 6.32. The van der Waals surface area contributed by atoms with E-state index in [-0.39, 0.29) is 5.82 Å². The van der Waals surface area contributed by atoms with Crippen molar-refractivity contribution >= 4 is 6.29 Å². The quantitative estimate of drug-likeness (QED) is 0.190. The van der Waals surface area contributed by atoms with Crippen molar-refractivity contribution in [2.24, 2.45) is 29.6 Å². The zero-order valence-electron chi connectivity index (χ0n) is 30.1. The fraction of sp³-hybridized carbons (Fsp3) is 0.634.